The number of rotatable bonds is 19. The van der Waals surface area contributed by atoms with Gasteiger partial charge in [0, 0.05) is 6.92 Å². The molecule has 3 fully saturated rings. The molecule has 0 N–H and O–H groups in total. The zero-order chi connectivity index (χ0) is 52.0. The molecule has 0 aliphatic carbocycles. The van der Waals surface area contributed by atoms with Crippen LogP contribution in [-0.4, -0.2) is 128 Å². The van der Waals surface area contributed by atoms with Crippen molar-refractivity contribution in [2.75, 3.05) is 13.2 Å². The summed E-state index contributed by atoms with van der Waals surface area (Å²) in [6.45, 7) is 24.8. The SMILES string of the molecule is CC(=O)O[C@H]1[C@H](O[C@@H]2C=CO[C@H](CO[Si](C)(C)C(C)(C)C)[C@H]2O[C@@H]2O[C@@H](C)[C@@H](OC(=O)c3ccccc3)[C@@H](OCc3ccccc3)[C@@H]2OCc2ccccc2)O[C@H](CO[Si](C)(C)C(C)(C)C)[C@@H]2OC(=O)O[C@@H]21. The van der Waals surface area contributed by atoms with Crippen LogP contribution in [0.25, 0.3) is 0 Å². The molecule has 0 bridgehead atoms. The molecule has 0 spiro atoms. The molecule has 7 rings (SSSR count). The van der Waals surface area contributed by atoms with E-state index in [1.54, 1.807) is 37.3 Å². The first kappa shape index (κ1) is 55.3. The molecular formula is C54H74O16Si2. The van der Waals surface area contributed by atoms with E-state index in [4.69, 9.17) is 61.0 Å². The predicted molar refractivity (Wildman–Crippen MR) is 269 cm³/mol. The lowest BCUT2D eigenvalue weighted by molar-refractivity contribution is -0.346. The van der Waals surface area contributed by atoms with Crippen molar-refractivity contribution in [3.63, 3.8) is 0 Å². The third-order valence-corrected chi connectivity index (χ3v) is 23.5. The molecule has 3 saturated heterocycles. The Bertz CT molecular complexity index is 2270. The van der Waals surface area contributed by atoms with Crippen molar-refractivity contribution in [1.29, 1.82) is 0 Å². The van der Waals surface area contributed by atoms with E-state index in [1.165, 1.54) is 13.2 Å². The number of esters is 2. The molecule has 0 radical (unpaired) electrons. The fraction of sp³-hybridized carbons (Fsp3) is 0.574. The first-order valence-electron chi connectivity index (χ1n) is 24.8. The minimum Gasteiger partial charge on any atom is -0.493 e. The normalized spacial score (nSPS) is 29.8. The van der Waals surface area contributed by atoms with Crippen LogP contribution < -0.4 is 0 Å². The molecule has 0 saturated carbocycles. The van der Waals surface area contributed by atoms with Gasteiger partial charge in [-0.05, 0) is 72.5 Å². The van der Waals surface area contributed by atoms with Crippen LogP contribution in [0, 0.1) is 0 Å². The van der Waals surface area contributed by atoms with E-state index in [0.717, 1.165) is 11.1 Å². The smallest absolute Gasteiger partial charge is 0.493 e. The molecule has 16 nitrogen and oxygen atoms in total. The molecule has 4 heterocycles. The van der Waals surface area contributed by atoms with Gasteiger partial charge in [0.2, 0.25) is 0 Å². The summed E-state index contributed by atoms with van der Waals surface area (Å²) in [6, 6.07) is 28.0. The van der Waals surface area contributed by atoms with Gasteiger partial charge in [-0.25, -0.2) is 9.59 Å². The molecule has 0 aromatic heterocycles. The van der Waals surface area contributed by atoms with Gasteiger partial charge in [0.15, 0.2) is 53.6 Å². The number of hydrogen-bond acceptors (Lipinski definition) is 16. The van der Waals surface area contributed by atoms with Crippen LogP contribution in [0.1, 0.15) is 76.9 Å². The molecule has 0 amide bonds. The number of benzene rings is 3. The van der Waals surface area contributed by atoms with Crippen molar-refractivity contribution in [2.24, 2.45) is 0 Å². The van der Waals surface area contributed by atoms with Gasteiger partial charge in [0.05, 0.1) is 44.4 Å². The van der Waals surface area contributed by atoms with Crippen LogP contribution >= 0.6 is 0 Å². The summed E-state index contributed by atoms with van der Waals surface area (Å²) in [4.78, 5) is 39.5. The van der Waals surface area contributed by atoms with E-state index in [1.807, 2.05) is 66.7 Å². The van der Waals surface area contributed by atoms with Gasteiger partial charge in [-0.1, -0.05) is 120 Å². The van der Waals surface area contributed by atoms with Crippen LogP contribution in [0.4, 0.5) is 4.79 Å². The minimum atomic E-state index is -2.39. The molecule has 4 aliphatic rings. The van der Waals surface area contributed by atoms with E-state index in [0.29, 0.717) is 5.56 Å². The molecule has 13 atom stereocenters. The molecule has 3 aromatic carbocycles. The molecular weight excluding hydrogens is 961 g/mol. The lowest BCUT2D eigenvalue weighted by Gasteiger charge is -2.48. The fourth-order valence-electron chi connectivity index (χ4n) is 8.24. The molecule has 18 heteroatoms. The monoisotopic (exact) mass is 1030 g/mol. The molecule has 394 valence electrons. The van der Waals surface area contributed by atoms with Gasteiger partial charge >= 0.3 is 18.1 Å². The maximum absolute atomic E-state index is 13.9. The Hall–Kier alpha value is -4.48. The number of fused-ring (bicyclic) bond motifs is 1. The van der Waals surface area contributed by atoms with Crippen molar-refractivity contribution in [3.8, 4) is 0 Å². The van der Waals surface area contributed by atoms with Gasteiger partial charge in [-0.3, -0.25) is 4.79 Å². The van der Waals surface area contributed by atoms with E-state index in [-0.39, 0.29) is 36.5 Å². The molecule has 3 aromatic rings. The first-order chi connectivity index (χ1) is 34.0. The number of carbonyl (C=O) groups is 3. The minimum absolute atomic E-state index is 0.0437. The quantitative estimate of drug-likeness (QED) is 0.0631. The van der Waals surface area contributed by atoms with Gasteiger partial charge in [-0.2, -0.15) is 0 Å². The summed E-state index contributed by atoms with van der Waals surface area (Å²) >= 11 is 0. The zero-order valence-electron chi connectivity index (χ0n) is 43.7. The summed E-state index contributed by atoms with van der Waals surface area (Å²) in [5.74, 6) is -1.21. The Balaban J connectivity index is 1.26. The highest BCUT2D eigenvalue weighted by Gasteiger charge is 2.59. The Labute approximate surface area is 426 Å². The maximum atomic E-state index is 13.9. The number of hydrogen-bond donors (Lipinski definition) is 0. The van der Waals surface area contributed by atoms with Crippen molar-refractivity contribution < 1.29 is 75.3 Å². The van der Waals surface area contributed by atoms with E-state index in [2.05, 4.69) is 67.7 Å². The second-order valence-electron chi connectivity index (χ2n) is 21.8. The highest BCUT2D eigenvalue weighted by Crippen LogP contribution is 2.41. The highest BCUT2D eigenvalue weighted by molar-refractivity contribution is 6.74. The van der Waals surface area contributed by atoms with E-state index >= 15 is 0 Å². The average Bonchev–Trinajstić information content (AvgIpc) is 3.73. The van der Waals surface area contributed by atoms with Crippen molar-refractivity contribution in [1.82, 2.24) is 0 Å². The van der Waals surface area contributed by atoms with Gasteiger partial charge in [0.25, 0.3) is 0 Å². The Morgan fingerprint density at radius 3 is 1.67 bits per heavy atom. The van der Waals surface area contributed by atoms with Crippen molar-refractivity contribution in [2.45, 2.75) is 185 Å². The largest absolute Gasteiger partial charge is 0.509 e. The summed E-state index contributed by atoms with van der Waals surface area (Å²) in [5, 5.41) is -0.293. The Morgan fingerprint density at radius 2 is 1.11 bits per heavy atom. The number of carbonyl (C=O) groups excluding carboxylic acids is 3. The van der Waals surface area contributed by atoms with Crippen LogP contribution in [0.2, 0.25) is 36.3 Å². The van der Waals surface area contributed by atoms with Crippen molar-refractivity contribution >= 4 is 34.7 Å². The van der Waals surface area contributed by atoms with E-state index < -0.39 is 114 Å². The highest BCUT2D eigenvalue weighted by atomic mass is 28.4. The summed E-state index contributed by atoms with van der Waals surface area (Å²) in [5.41, 5.74) is 2.11. The summed E-state index contributed by atoms with van der Waals surface area (Å²) in [6.07, 6.45) is -11.0. The van der Waals surface area contributed by atoms with Gasteiger partial charge < -0.3 is 61.0 Å². The fourth-order valence-corrected chi connectivity index (χ4v) is 10.3. The topological polar surface area (TPSA) is 171 Å². The van der Waals surface area contributed by atoms with Crippen LogP contribution in [0.3, 0.4) is 0 Å². The van der Waals surface area contributed by atoms with Crippen molar-refractivity contribution in [3.05, 3.63) is 120 Å². The van der Waals surface area contributed by atoms with Gasteiger partial charge in [-0.15, -0.1) is 0 Å². The number of ether oxygens (including phenoxy) is 11. The second-order valence-corrected chi connectivity index (χ2v) is 31.5. The standard InChI is InChI=1S/C54H74O16Si2/c1-34-42(67-49(56)38-26-20-15-21-27-38)45(59-30-36-22-16-13-17-23-36)47(60-31-37-24-18-14-19-25-37)50(63-34)68-43-39(28-29-58-40(43)32-61-71(9,10)53(3,4)5)65-51-48(64-35(2)55)46-44(69-52(57)70-46)41(66-51)33-62-72(11,12)54(6,7)8/h13-29,34,39-48,50-51H,30-33H2,1-12H3/t34-,39+,40+,41+,42+,43-,44-,45+,46-,47-,48+,50-,51+/m0/s1. The van der Waals surface area contributed by atoms with Crippen LogP contribution in [0.5, 0.6) is 0 Å². The van der Waals surface area contributed by atoms with E-state index in [9.17, 15) is 14.4 Å². The Kier molecular flexibility index (Phi) is 18.0. The van der Waals surface area contributed by atoms with Gasteiger partial charge in [0.1, 0.15) is 36.6 Å². The Morgan fingerprint density at radius 1 is 0.597 bits per heavy atom. The zero-order valence-corrected chi connectivity index (χ0v) is 45.7. The summed E-state index contributed by atoms with van der Waals surface area (Å²) in [7, 11) is -4.75. The molecule has 72 heavy (non-hydrogen) atoms. The lowest BCUT2D eigenvalue weighted by Crippen LogP contribution is -2.63. The first-order valence-corrected chi connectivity index (χ1v) is 30.7. The summed E-state index contributed by atoms with van der Waals surface area (Å²) < 4.78 is 84.6. The molecule has 4 aliphatic heterocycles. The van der Waals surface area contributed by atoms with Crippen LogP contribution in [0.15, 0.2) is 103 Å². The second kappa shape index (κ2) is 23.4. The van der Waals surface area contributed by atoms with Crippen LogP contribution in [-0.2, 0) is 79.0 Å². The third kappa shape index (κ3) is 13.6. The molecule has 0 unspecified atom stereocenters. The average molecular weight is 1040 g/mol. The lowest BCUT2D eigenvalue weighted by atomic mass is 9.97. The predicted octanol–water partition coefficient (Wildman–Crippen LogP) is 9.41. The maximum Gasteiger partial charge on any atom is 0.509 e. The third-order valence-electron chi connectivity index (χ3n) is 14.5.